The highest BCUT2D eigenvalue weighted by Gasteiger charge is 2.31. The first kappa shape index (κ1) is 26.0. The normalized spacial score (nSPS) is 12.4. The molecule has 3 rings (SSSR count). The first-order valence-electron chi connectivity index (χ1n) is 11.0. The molecule has 3 N–H and O–H groups in total. The van der Waals surface area contributed by atoms with Gasteiger partial charge in [-0.1, -0.05) is 54.6 Å². The van der Waals surface area contributed by atoms with Crippen LogP contribution >= 0.6 is 0 Å². The number of hydrogen-bond donors (Lipinski definition) is 3. The summed E-state index contributed by atoms with van der Waals surface area (Å²) >= 11 is 0. The summed E-state index contributed by atoms with van der Waals surface area (Å²) in [4.78, 5) is 36.6. The third-order valence-electron chi connectivity index (χ3n) is 4.80. The summed E-state index contributed by atoms with van der Waals surface area (Å²) in [6.07, 6.45) is -1.33. The van der Waals surface area contributed by atoms with E-state index < -0.39 is 30.2 Å². The van der Waals surface area contributed by atoms with Crippen LogP contribution < -0.4 is 14.8 Å². The van der Waals surface area contributed by atoms with Crippen molar-refractivity contribution in [3.05, 3.63) is 108 Å². The van der Waals surface area contributed by atoms with Crippen molar-refractivity contribution < 1.29 is 38.8 Å². The number of benzene rings is 3. The predicted molar refractivity (Wildman–Crippen MR) is 130 cm³/mol. The Morgan fingerprint density at radius 2 is 1.53 bits per heavy atom. The second kappa shape index (κ2) is 13.3. The van der Waals surface area contributed by atoms with Crippen molar-refractivity contribution in [3.63, 3.8) is 0 Å². The summed E-state index contributed by atoms with van der Waals surface area (Å²) < 4.78 is 17.2. The number of ether oxygens (including phenoxy) is 3. The van der Waals surface area contributed by atoms with Crippen LogP contribution in [0.25, 0.3) is 0 Å². The van der Waals surface area contributed by atoms with Gasteiger partial charge in [0.05, 0.1) is 6.61 Å². The molecule has 0 radical (unpaired) electrons. The fraction of sp³-hybridized carbons (Fsp3) is 0.148. The van der Waals surface area contributed by atoms with Crippen LogP contribution in [-0.4, -0.2) is 47.5 Å². The van der Waals surface area contributed by atoms with Crippen LogP contribution in [0.4, 0.5) is 4.79 Å². The van der Waals surface area contributed by atoms with Gasteiger partial charge in [0.25, 0.3) is 5.91 Å². The van der Waals surface area contributed by atoms with Gasteiger partial charge in [-0.2, -0.15) is 0 Å². The Balaban J connectivity index is 1.96. The second-order valence-electron chi connectivity index (χ2n) is 7.35. The van der Waals surface area contributed by atoms with Gasteiger partial charge >= 0.3 is 12.1 Å². The number of para-hydroxylation sites is 2. The molecule has 186 valence electrons. The van der Waals surface area contributed by atoms with Crippen molar-refractivity contribution >= 4 is 18.0 Å². The van der Waals surface area contributed by atoms with Crippen LogP contribution in [-0.2, 0) is 9.53 Å². The summed E-state index contributed by atoms with van der Waals surface area (Å²) in [7, 11) is 0. The van der Waals surface area contributed by atoms with Crippen molar-refractivity contribution in [3.8, 4) is 11.5 Å². The third-order valence-corrected chi connectivity index (χ3v) is 4.80. The molecular formula is C27H25NO8. The van der Waals surface area contributed by atoms with E-state index in [1.165, 1.54) is 18.2 Å². The van der Waals surface area contributed by atoms with Gasteiger partial charge in [-0.15, -0.1) is 0 Å². The van der Waals surface area contributed by atoms with E-state index in [1.54, 1.807) is 72.8 Å². The number of hydrogen-bond acceptors (Lipinski definition) is 7. The molecule has 0 aliphatic carbocycles. The van der Waals surface area contributed by atoms with Crippen LogP contribution in [0, 0.1) is 0 Å². The molecule has 0 spiro atoms. The molecule has 0 heterocycles. The molecule has 0 saturated heterocycles. The number of carbonyl (C=O) groups is 3. The summed E-state index contributed by atoms with van der Waals surface area (Å²) in [5.74, 6) is -1.24. The van der Waals surface area contributed by atoms with Crippen molar-refractivity contribution in [1.29, 1.82) is 0 Å². The molecule has 0 aliphatic rings. The Labute approximate surface area is 207 Å². The number of carbonyl (C=O) groups excluding carboxylic acids is 2. The van der Waals surface area contributed by atoms with Crippen molar-refractivity contribution in [2.24, 2.45) is 0 Å². The standard InChI is InChI=1S/C27H25NO8/c29-17-18-34-22-14-8-7-13-21(22)25(36-27(33)28-26(32)19-9-3-1-4-10-19)23(15-16-24(30)31)35-20-11-5-2-6-12-20/h1-16,23,25,29H,17-18H2,(H,30,31)(H,28,32,33)/b16-15+/t23-,25-/m0/s1. The largest absolute Gasteiger partial charge is 0.491 e. The molecule has 0 saturated carbocycles. The zero-order valence-electron chi connectivity index (χ0n) is 19.2. The summed E-state index contributed by atoms with van der Waals surface area (Å²) in [5.41, 5.74) is 0.588. The van der Waals surface area contributed by atoms with Crippen LogP contribution in [0.1, 0.15) is 22.0 Å². The number of carboxylic acid groups (broad SMARTS) is 1. The lowest BCUT2D eigenvalue weighted by Crippen LogP contribution is -2.36. The SMILES string of the molecule is O=C(O)/C=C/[C@H](Oc1ccccc1)[C@@H](OC(=O)NC(=O)c1ccccc1)c1ccccc1OCCO. The molecule has 0 unspecified atom stereocenters. The molecule has 3 aromatic carbocycles. The molecule has 0 bridgehead atoms. The van der Waals surface area contributed by atoms with Gasteiger partial charge in [-0.3, -0.25) is 10.1 Å². The van der Waals surface area contributed by atoms with E-state index in [0.717, 1.165) is 6.08 Å². The fourth-order valence-corrected chi connectivity index (χ4v) is 3.24. The van der Waals surface area contributed by atoms with Gasteiger partial charge in [-0.05, 0) is 36.4 Å². The van der Waals surface area contributed by atoms with Crippen LogP contribution in [0.2, 0.25) is 0 Å². The topological polar surface area (TPSA) is 131 Å². The van der Waals surface area contributed by atoms with E-state index in [0.29, 0.717) is 11.3 Å². The van der Waals surface area contributed by atoms with Crippen molar-refractivity contribution in [2.75, 3.05) is 13.2 Å². The van der Waals surface area contributed by atoms with Gasteiger partial charge in [0.1, 0.15) is 18.1 Å². The first-order chi connectivity index (χ1) is 17.5. The maximum Gasteiger partial charge on any atom is 0.414 e. The van der Waals surface area contributed by atoms with Crippen LogP contribution in [0.3, 0.4) is 0 Å². The molecule has 36 heavy (non-hydrogen) atoms. The minimum atomic E-state index is -1.24. The minimum Gasteiger partial charge on any atom is -0.491 e. The van der Waals surface area contributed by atoms with Crippen LogP contribution in [0.15, 0.2) is 97.1 Å². The van der Waals surface area contributed by atoms with E-state index >= 15 is 0 Å². The molecule has 0 fully saturated rings. The van der Waals surface area contributed by atoms with E-state index in [4.69, 9.17) is 14.2 Å². The molecule has 9 heteroatoms. The number of amides is 2. The second-order valence-corrected chi connectivity index (χ2v) is 7.35. The fourth-order valence-electron chi connectivity index (χ4n) is 3.24. The smallest absolute Gasteiger partial charge is 0.414 e. The van der Waals surface area contributed by atoms with Gasteiger partial charge in [0.15, 0.2) is 12.2 Å². The number of rotatable bonds is 11. The Kier molecular flexibility index (Phi) is 9.60. The molecule has 0 aliphatic heterocycles. The predicted octanol–water partition coefficient (Wildman–Crippen LogP) is 3.75. The van der Waals surface area contributed by atoms with Gasteiger partial charge < -0.3 is 24.4 Å². The van der Waals surface area contributed by atoms with Crippen molar-refractivity contribution in [1.82, 2.24) is 5.32 Å². The number of aliphatic carboxylic acids is 1. The van der Waals surface area contributed by atoms with E-state index in [-0.39, 0.29) is 24.5 Å². The van der Waals surface area contributed by atoms with Gasteiger partial charge in [0.2, 0.25) is 0 Å². The molecule has 2 atom stereocenters. The Morgan fingerprint density at radius 1 is 0.889 bits per heavy atom. The Bertz CT molecular complexity index is 1180. The lowest BCUT2D eigenvalue weighted by Gasteiger charge is -2.27. The zero-order chi connectivity index (χ0) is 25.8. The highest BCUT2D eigenvalue weighted by atomic mass is 16.6. The molecule has 0 aromatic heterocycles. The number of aliphatic hydroxyl groups is 1. The third kappa shape index (κ3) is 7.71. The molecule has 2 amide bonds. The molecule has 9 nitrogen and oxygen atoms in total. The number of aliphatic hydroxyl groups excluding tert-OH is 1. The van der Waals surface area contributed by atoms with Crippen LogP contribution in [0.5, 0.6) is 11.5 Å². The lowest BCUT2D eigenvalue weighted by molar-refractivity contribution is -0.131. The number of alkyl carbamates (subject to hydrolysis) is 1. The Morgan fingerprint density at radius 3 is 2.19 bits per heavy atom. The monoisotopic (exact) mass is 491 g/mol. The van der Waals surface area contributed by atoms with E-state index in [1.807, 2.05) is 0 Å². The van der Waals surface area contributed by atoms with Gasteiger partial charge in [-0.25, -0.2) is 9.59 Å². The van der Waals surface area contributed by atoms with Crippen molar-refractivity contribution in [2.45, 2.75) is 12.2 Å². The molecular weight excluding hydrogens is 466 g/mol. The highest BCUT2D eigenvalue weighted by Crippen LogP contribution is 2.33. The average Bonchev–Trinajstić information content (AvgIpc) is 2.90. The summed E-state index contributed by atoms with van der Waals surface area (Å²) in [6, 6.07) is 23.2. The highest BCUT2D eigenvalue weighted by molar-refractivity contribution is 6.02. The van der Waals surface area contributed by atoms with E-state index in [9.17, 15) is 24.6 Å². The Hall–Kier alpha value is -4.63. The summed E-state index contributed by atoms with van der Waals surface area (Å²) in [6.45, 7) is -0.285. The average molecular weight is 491 g/mol. The summed E-state index contributed by atoms with van der Waals surface area (Å²) in [5, 5.41) is 20.6. The van der Waals surface area contributed by atoms with E-state index in [2.05, 4.69) is 5.32 Å². The minimum absolute atomic E-state index is 0.0302. The maximum absolute atomic E-state index is 12.8. The lowest BCUT2D eigenvalue weighted by atomic mass is 10.0. The molecule has 3 aromatic rings. The number of carboxylic acids is 1. The maximum atomic E-state index is 12.8. The quantitative estimate of drug-likeness (QED) is 0.346. The van der Waals surface area contributed by atoms with Gasteiger partial charge in [0, 0.05) is 17.2 Å². The number of imide groups is 1. The number of nitrogens with one attached hydrogen (secondary N) is 1. The first-order valence-corrected chi connectivity index (χ1v) is 11.0. The zero-order valence-corrected chi connectivity index (χ0v) is 19.2.